The second-order valence-electron chi connectivity index (χ2n) is 6.22. The highest BCUT2D eigenvalue weighted by Gasteiger charge is 2.54. The Kier molecular flexibility index (Phi) is 2.55. The van der Waals surface area contributed by atoms with Crippen LogP contribution in [0.4, 0.5) is 4.79 Å². The summed E-state index contributed by atoms with van der Waals surface area (Å²) in [7, 11) is 1.67. The van der Waals surface area contributed by atoms with E-state index >= 15 is 0 Å². The number of amides is 2. The summed E-state index contributed by atoms with van der Waals surface area (Å²) in [5.74, 6) is 1.34. The van der Waals surface area contributed by atoms with E-state index in [0.29, 0.717) is 11.9 Å². The van der Waals surface area contributed by atoms with Crippen LogP contribution >= 0.6 is 0 Å². The summed E-state index contributed by atoms with van der Waals surface area (Å²) in [6, 6.07) is 6.35. The van der Waals surface area contributed by atoms with Crippen molar-refractivity contribution in [1.82, 2.24) is 4.90 Å². The largest absolute Gasteiger partial charge is 0.497 e. The molecule has 1 heterocycles. The van der Waals surface area contributed by atoms with Crippen LogP contribution in [0, 0.1) is 0 Å². The first-order chi connectivity index (χ1) is 10.1. The number of carbonyl (C=O) groups is 1. The number of benzene rings is 1. The summed E-state index contributed by atoms with van der Waals surface area (Å²) in [5.41, 5.74) is 8.31. The maximum Gasteiger partial charge on any atom is 0.346 e. The maximum atomic E-state index is 12.2. The molecule has 2 amide bonds. The zero-order valence-corrected chi connectivity index (χ0v) is 12.1. The van der Waals surface area contributed by atoms with Gasteiger partial charge in [0, 0.05) is 12.5 Å². The number of nitrogens with zero attached hydrogens (tertiary/aromatic N) is 2. The Bertz CT molecular complexity index is 651. The topological polar surface area (TPSA) is 67.9 Å². The fraction of sp³-hybridized carbons (Fsp3) is 0.500. The van der Waals surface area contributed by atoms with Gasteiger partial charge in [0.05, 0.1) is 7.11 Å². The first kappa shape index (κ1) is 12.7. The Morgan fingerprint density at radius 3 is 2.90 bits per heavy atom. The van der Waals surface area contributed by atoms with Crippen LogP contribution in [0.2, 0.25) is 0 Å². The fourth-order valence-corrected chi connectivity index (χ4v) is 3.71. The Hall–Kier alpha value is -2.04. The molecule has 1 aliphatic heterocycles. The Morgan fingerprint density at radius 2 is 2.19 bits per heavy atom. The molecule has 0 bridgehead atoms. The predicted molar refractivity (Wildman–Crippen MR) is 79.6 cm³/mol. The van der Waals surface area contributed by atoms with E-state index in [1.54, 1.807) is 7.11 Å². The maximum absolute atomic E-state index is 12.2. The van der Waals surface area contributed by atoms with E-state index in [0.717, 1.165) is 37.9 Å². The van der Waals surface area contributed by atoms with Gasteiger partial charge in [0.15, 0.2) is 0 Å². The number of carbonyl (C=O) groups excluding carboxylic acids is 1. The molecule has 1 saturated carbocycles. The second-order valence-corrected chi connectivity index (χ2v) is 6.22. The number of aliphatic imine (C=N–C) groups is 1. The average Bonchev–Trinajstić information content (AvgIpc) is 3.27. The minimum Gasteiger partial charge on any atom is -0.497 e. The molecular weight excluding hydrogens is 266 g/mol. The van der Waals surface area contributed by atoms with Gasteiger partial charge in [-0.2, -0.15) is 4.99 Å². The minimum atomic E-state index is -0.405. The van der Waals surface area contributed by atoms with Gasteiger partial charge in [0.25, 0.3) is 0 Å². The minimum absolute atomic E-state index is 0.152. The van der Waals surface area contributed by atoms with E-state index in [-0.39, 0.29) is 6.03 Å². The van der Waals surface area contributed by atoms with Gasteiger partial charge in [-0.15, -0.1) is 0 Å². The summed E-state index contributed by atoms with van der Waals surface area (Å²) in [6.45, 7) is 0. The van der Waals surface area contributed by atoms with Crippen molar-refractivity contribution >= 4 is 11.9 Å². The van der Waals surface area contributed by atoms with Crippen LogP contribution in [0.5, 0.6) is 5.75 Å². The van der Waals surface area contributed by atoms with E-state index < -0.39 is 5.54 Å². The van der Waals surface area contributed by atoms with Crippen molar-refractivity contribution < 1.29 is 9.53 Å². The third-order valence-corrected chi connectivity index (χ3v) is 4.98. The third kappa shape index (κ3) is 1.76. The van der Waals surface area contributed by atoms with Gasteiger partial charge in [0.2, 0.25) is 0 Å². The highest BCUT2D eigenvalue weighted by Crippen LogP contribution is 2.43. The summed E-state index contributed by atoms with van der Waals surface area (Å²) >= 11 is 0. The van der Waals surface area contributed by atoms with Crippen molar-refractivity contribution in [3.8, 4) is 5.75 Å². The smallest absolute Gasteiger partial charge is 0.346 e. The Morgan fingerprint density at radius 1 is 1.38 bits per heavy atom. The molecule has 1 spiro atoms. The van der Waals surface area contributed by atoms with E-state index in [1.165, 1.54) is 11.1 Å². The van der Waals surface area contributed by atoms with Gasteiger partial charge in [0.1, 0.15) is 17.1 Å². The predicted octanol–water partition coefficient (Wildman–Crippen LogP) is 1.88. The van der Waals surface area contributed by atoms with Crippen molar-refractivity contribution in [1.29, 1.82) is 0 Å². The molecule has 1 atom stereocenters. The van der Waals surface area contributed by atoms with E-state index in [4.69, 9.17) is 10.5 Å². The van der Waals surface area contributed by atoms with Crippen molar-refractivity contribution in [3.05, 3.63) is 29.3 Å². The molecule has 1 aromatic rings. The lowest BCUT2D eigenvalue weighted by molar-refractivity contribution is 0.155. The third-order valence-electron chi connectivity index (χ3n) is 4.98. The number of urea groups is 1. The molecule has 0 aromatic heterocycles. The van der Waals surface area contributed by atoms with E-state index in [2.05, 4.69) is 17.1 Å². The molecule has 0 radical (unpaired) electrons. The van der Waals surface area contributed by atoms with Crippen molar-refractivity contribution in [2.45, 2.75) is 43.7 Å². The number of methoxy groups -OCH3 is 1. The molecule has 3 aliphatic rings. The molecule has 21 heavy (non-hydrogen) atoms. The Labute approximate surface area is 123 Å². The number of hydrogen-bond acceptors (Lipinski definition) is 3. The molecule has 1 aromatic carbocycles. The molecule has 4 rings (SSSR count). The summed E-state index contributed by atoms with van der Waals surface area (Å²) in [5, 5.41) is 0. The van der Waals surface area contributed by atoms with Crippen LogP contribution in [-0.4, -0.2) is 35.5 Å². The van der Waals surface area contributed by atoms with E-state index in [9.17, 15) is 4.79 Å². The van der Waals surface area contributed by atoms with Gasteiger partial charge < -0.3 is 15.4 Å². The summed E-state index contributed by atoms with van der Waals surface area (Å²) < 4.78 is 5.32. The molecule has 5 nitrogen and oxygen atoms in total. The number of amidine groups is 1. The van der Waals surface area contributed by atoms with Crippen molar-refractivity contribution in [2.75, 3.05) is 7.11 Å². The molecule has 2 N–H and O–H groups in total. The standard InChI is InChI=1S/C16H19N3O2/c1-21-13-5-2-10-6-7-16(9-11(10)8-13)14(17)18-15(20)19(16)12-3-4-12/h2,5,8,12H,3-4,6-7,9H2,1H3,(H2,17,18,20). The Balaban J connectivity index is 1.75. The van der Waals surface area contributed by atoms with Crippen LogP contribution < -0.4 is 10.5 Å². The number of nitrogens with two attached hydrogens (primary N) is 1. The molecule has 5 heteroatoms. The summed E-state index contributed by atoms with van der Waals surface area (Å²) in [4.78, 5) is 18.2. The fourth-order valence-electron chi connectivity index (χ4n) is 3.71. The quantitative estimate of drug-likeness (QED) is 0.902. The van der Waals surface area contributed by atoms with Crippen LogP contribution in [-0.2, 0) is 12.8 Å². The summed E-state index contributed by atoms with van der Waals surface area (Å²) in [6.07, 6.45) is 4.68. The van der Waals surface area contributed by atoms with Crippen molar-refractivity contribution in [2.24, 2.45) is 10.7 Å². The van der Waals surface area contributed by atoms with Gasteiger partial charge in [-0.25, -0.2) is 4.79 Å². The van der Waals surface area contributed by atoms with Gasteiger partial charge in [-0.1, -0.05) is 6.07 Å². The van der Waals surface area contributed by atoms with Crippen LogP contribution in [0.25, 0.3) is 0 Å². The lowest BCUT2D eigenvalue weighted by atomic mass is 9.76. The van der Waals surface area contributed by atoms with Gasteiger partial charge in [-0.05, 0) is 48.9 Å². The van der Waals surface area contributed by atoms with Crippen LogP contribution in [0.15, 0.2) is 23.2 Å². The molecule has 0 saturated heterocycles. The molecule has 110 valence electrons. The van der Waals surface area contributed by atoms with Crippen LogP contribution in [0.1, 0.15) is 30.4 Å². The number of rotatable bonds is 2. The molecule has 1 unspecified atom stereocenters. The lowest BCUT2D eigenvalue weighted by Gasteiger charge is -2.41. The normalized spacial score (nSPS) is 27.8. The van der Waals surface area contributed by atoms with E-state index in [1.807, 2.05) is 11.0 Å². The number of fused-ring (bicyclic) bond motifs is 1. The zero-order chi connectivity index (χ0) is 14.6. The first-order valence-electron chi connectivity index (χ1n) is 7.48. The van der Waals surface area contributed by atoms with Crippen molar-refractivity contribution in [3.63, 3.8) is 0 Å². The molecule has 2 aliphatic carbocycles. The molecule has 1 fully saturated rings. The highest BCUT2D eigenvalue weighted by atomic mass is 16.5. The second kappa shape index (κ2) is 4.23. The van der Waals surface area contributed by atoms with Gasteiger partial charge >= 0.3 is 6.03 Å². The monoisotopic (exact) mass is 285 g/mol. The first-order valence-corrected chi connectivity index (χ1v) is 7.48. The zero-order valence-electron chi connectivity index (χ0n) is 12.1. The van der Waals surface area contributed by atoms with Crippen LogP contribution in [0.3, 0.4) is 0 Å². The number of ether oxygens (including phenoxy) is 1. The van der Waals surface area contributed by atoms with Gasteiger partial charge in [-0.3, -0.25) is 0 Å². The average molecular weight is 285 g/mol. The highest BCUT2D eigenvalue weighted by molar-refractivity contribution is 6.06. The lowest BCUT2D eigenvalue weighted by Crippen LogP contribution is -2.58. The number of aryl methyl sites for hydroxylation is 1. The molecular formula is C16H19N3O2. The SMILES string of the molecule is COc1ccc2c(c1)CC1(CC2)C(N)=NC(=O)N1C1CC1. The number of hydrogen-bond donors (Lipinski definition) is 1.